The Bertz CT molecular complexity index is 493. The number of nitrogens with two attached hydrogens (primary N) is 1. The lowest BCUT2D eigenvalue weighted by Gasteiger charge is -2.22. The van der Waals surface area contributed by atoms with Crippen LogP contribution in [0, 0.1) is 12.8 Å². The summed E-state index contributed by atoms with van der Waals surface area (Å²) in [5.74, 6) is 0.331. The summed E-state index contributed by atoms with van der Waals surface area (Å²) in [7, 11) is 1.37. The number of anilines is 2. The zero-order chi connectivity index (χ0) is 14.7. The molecule has 4 nitrogen and oxygen atoms in total. The van der Waals surface area contributed by atoms with Crippen molar-refractivity contribution in [1.82, 2.24) is 0 Å². The third kappa shape index (κ3) is 3.06. The highest BCUT2D eigenvalue weighted by atomic mass is 16.5. The van der Waals surface area contributed by atoms with Crippen LogP contribution in [0.15, 0.2) is 12.1 Å². The molecule has 1 aromatic carbocycles. The Morgan fingerprint density at radius 1 is 1.40 bits per heavy atom. The zero-order valence-electron chi connectivity index (χ0n) is 12.5. The van der Waals surface area contributed by atoms with Crippen molar-refractivity contribution in [3.05, 3.63) is 23.3 Å². The number of esters is 1. The van der Waals surface area contributed by atoms with Gasteiger partial charge in [0.1, 0.15) is 0 Å². The van der Waals surface area contributed by atoms with Gasteiger partial charge in [0.25, 0.3) is 0 Å². The van der Waals surface area contributed by atoms with Crippen LogP contribution in [0.2, 0.25) is 0 Å². The van der Waals surface area contributed by atoms with Gasteiger partial charge < -0.3 is 15.8 Å². The lowest BCUT2D eigenvalue weighted by molar-refractivity contribution is 0.0602. The summed E-state index contributed by atoms with van der Waals surface area (Å²) in [6, 6.07) is 4.19. The van der Waals surface area contributed by atoms with Crippen LogP contribution in [-0.4, -0.2) is 19.1 Å². The number of carbonyl (C=O) groups is 1. The first-order valence-electron chi connectivity index (χ1n) is 7.28. The van der Waals surface area contributed by atoms with E-state index >= 15 is 0 Å². The highest BCUT2D eigenvalue weighted by Gasteiger charge is 2.22. The van der Waals surface area contributed by atoms with Gasteiger partial charge in [-0.25, -0.2) is 4.79 Å². The second-order valence-electron chi connectivity index (χ2n) is 5.72. The second-order valence-corrected chi connectivity index (χ2v) is 5.72. The molecule has 1 fully saturated rings. The van der Waals surface area contributed by atoms with Crippen LogP contribution in [0.3, 0.4) is 0 Å². The molecule has 1 aromatic rings. The fraction of sp³-hybridized carbons (Fsp3) is 0.562. The maximum Gasteiger partial charge on any atom is 0.340 e. The number of methoxy groups -OCH3 is 1. The summed E-state index contributed by atoms with van der Waals surface area (Å²) < 4.78 is 4.79. The molecule has 20 heavy (non-hydrogen) atoms. The number of ether oxygens (including phenoxy) is 1. The predicted molar refractivity (Wildman–Crippen MR) is 82.0 cm³/mol. The molecule has 0 amide bonds. The number of nitrogen functional groups attached to an aromatic ring is 1. The van der Waals surface area contributed by atoms with Gasteiger partial charge in [-0.05, 0) is 50.3 Å². The first-order valence-corrected chi connectivity index (χ1v) is 7.28. The summed E-state index contributed by atoms with van der Waals surface area (Å²) in [6.07, 6.45) is 5.22. The van der Waals surface area contributed by atoms with E-state index in [-0.39, 0.29) is 5.97 Å². The normalized spacial score (nSPS) is 16.9. The van der Waals surface area contributed by atoms with Gasteiger partial charge in [-0.3, -0.25) is 0 Å². The van der Waals surface area contributed by atoms with Crippen molar-refractivity contribution in [3.63, 3.8) is 0 Å². The van der Waals surface area contributed by atoms with Crippen molar-refractivity contribution < 1.29 is 9.53 Å². The number of benzene rings is 1. The van der Waals surface area contributed by atoms with E-state index in [9.17, 15) is 4.79 Å². The molecule has 1 saturated carbocycles. The number of carbonyl (C=O) groups excluding carboxylic acids is 1. The molecule has 0 aliphatic heterocycles. The van der Waals surface area contributed by atoms with Crippen LogP contribution in [0.25, 0.3) is 0 Å². The highest BCUT2D eigenvalue weighted by molar-refractivity contribution is 5.97. The van der Waals surface area contributed by atoms with Crippen LogP contribution >= 0.6 is 0 Å². The minimum absolute atomic E-state index is 0.386. The molecular formula is C16H24N2O2. The first kappa shape index (κ1) is 14.7. The van der Waals surface area contributed by atoms with E-state index in [0.717, 1.165) is 17.2 Å². The summed E-state index contributed by atoms with van der Waals surface area (Å²) >= 11 is 0. The molecule has 0 bridgehead atoms. The minimum Gasteiger partial charge on any atom is -0.465 e. The number of hydrogen-bond donors (Lipinski definition) is 2. The third-order valence-electron chi connectivity index (χ3n) is 4.29. The standard InChI is InChI=1S/C16H24N2O2/c1-10-8-13(9-14(15(10)17)16(19)20-3)18-11(2)12-6-4-5-7-12/h8-9,11-12,18H,4-7,17H2,1-3H3. The summed E-state index contributed by atoms with van der Waals surface area (Å²) in [4.78, 5) is 11.8. The molecule has 0 radical (unpaired) electrons. The fourth-order valence-electron chi connectivity index (χ4n) is 3.00. The zero-order valence-corrected chi connectivity index (χ0v) is 12.5. The first-order chi connectivity index (χ1) is 9.52. The maximum atomic E-state index is 11.8. The Kier molecular flexibility index (Phi) is 4.53. The predicted octanol–water partition coefficient (Wildman–Crippen LogP) is 3.35. The molecule has 1 aliphatic rings. The molecule has 0 saturated heterocycles. The van der Waals surface area contributed by atoms with Gasteiger partial charge in [0, 0.05) is 17.4 Å². The lowest BCUT2D eigenvalue weighted by Crippen LogP contribution is -2.24. The summed E-state index contributed by atoms with van der Waals surface area (Å²) in [5, 5.41) is 3.51. The molecule has 4 heteroatoms. The Morgan fingerprint density at radius 2 is 2.05 bits per heavy atom. The van der Waals surface area contributed by atoms with Crippen molar-refractivity contribution in [2.75, 3.05) is 18.2 Å². The molecule has 1 atom stereocenters. The molecule has 1 unspecified atom stereocenters. The van der Waals surface area contributed by atoms with Gasteiger partial charge in [0.05, 0.1) is 12.7 Å². The lowest BCUT2D eigenvalue weighted by atomic mass is 9.99. The number of rotatable bonds is 4. The largest absolute Gasteiger partial charge is 0.465 e. The average Bonchev–Trinajstić information content (AvgIpc) is 2.96. The van der Waals surface area contributed by atoms with Crippen molar-refractivity contribution in [2.45, 2.75) is 45.6 Å². The van der Waals surface area contributed by atoms with Gasteiger partial charge in [-0.2, -0.15) is 0 Å². The summed E-state index contributed by atoms with van der Waals surface area (Å²) in [6.45, 7) is 4.12. The van der Waals surface area contributed by atoms with Crippen molar-refractivity contribution in [3.8, 4) is 0 Å². The molecular weight excluding hydrogens is 252 g/mol. The van der Waals surface area contributed by atoms with Crippen LogP contribution < -0.4 is 11.1 Å². The monoisotopic (exact) mass is 276 g/mol. The van der Waals surface area contributed by atoms with E-state index in [1.54, 1.807) is 6.07 Å². The van der Waals surface area contributed by atoms with E-state index < -0.39 is 0 Å². The second kappa shape index (κ2) is 6.16. The van der Waals surface area contributed by atoms with E-state index in [4.69, 9.17) is 10.5 Å². The molecule has 110 valence electrons. The Morgan fingerprint density at radius 3 is 2.65 bits per heavy atom. The van der Waals surface area contributed by atoms with Crippen LogP contribution in [0.4, 0.5) is 11.4 Å². The Hall–Kier alpha value is -1.71. The van der Waals surface area contributed by atoms with Crippen LogP contribution in [0.1, 0.15) is 48.5 Å². The van der Waals surface area contributed by atoms with Crippen molar-refractivity contribution in [1.29, 1.82) is 0 Å². The van der Waals surface area contributed by atoms with Crippen LogP contribution in [0.5, 0.6) is 0 Å². The number of hydrogen-bond acceptors (Lipinski definition) is 4. The van der Waals surface area contributed by atoms with Gasteiger partial charge in [-0.15, -0.1) is 0 Å². The van der Waals surface area contributed by atoms with E-state index in [1.165, 1.54) is 32.8 Å². The SMILES string of the molecule is COC(=O)c1cc(NC(C)C2CCCC2)cc(C)c1N. The average molecular weight is 276 g/mol. The molecule has 3 N–H and O–H groups in total. The van der Waals surface area contributed by atoms with Crippen molar-refractivity contribution >= 4 is 17.3 Å². The fourth-order valence-corrected chi connectivity index (χ4v) is 3.00. The van der Waals surface area contributed by atoms with E-state index in [1.807, 2.05) is 13.0 Å². The topological polar surface area (TPSA) is 64.3 Å². The third-order valence-corrected chi connectivity index (χ3v) is 4.29. The molecule has 2 rings (SSSR count). The smallest absolute Gasteiger partial charge is 0.340 e. The van der Waals surface area contributed by atoms with Crippen molar-refractivity contribution in [2.24, 2.45) is 5.92 Å². The van der Waals surface area contributed by atoms with Gasteiger partial charge in [0.2, 0.25) is 0 Å². The molecule has 0 spiro atoms. The molecule has 0 heterocycles. The quantitative estimate of drug-likeness (QED) is 0.654. The van der Waals surface area contributed by atoms with E-state index in [0.29, 0.717) is 17.3 Å². The Balaban J connectivity index is 2.19. The Labute approximate surface area is 120 Å². The molecule has 1 aliphatic carbocycles. The minimum atomic E-state index is -0.386. The van der Waals surface area contributed by atoms with E-state index in [2.05, 4.69) is 12.2 Å². The highest BCUT2D eigenvalue weighted by Crippen LogP contribution is 2.30. The molecule has 0 aromatic heterocycles. The van der Waals surface area contributed by atoms with Crippen LogP contribution in [-0.2, 0) is 4.74 Å². The van der Waals surface area contributed by atoms with Gasteiger partial charge in [-0.1, -0.05) is 12.8 Å². The number of nitrogens with one attached hydrogen (secondary N) is 1. The van der Waals surface area contributed by atoms with Gasteiger partial charge >= 0.3 is 5.97 Å². The van der Waals surface area contributed by atoms with Gasteiger partial charge in [0.15, 0.2) is 0 Å². The summed E-state index contributed by atoms with van der Waals surface area (Å²) in [5.41, 5.74) is 8.73. The maximum absolute atomic E-state index is 11.8. The number of aryl methyl sites for hydroxylation is 1.